The Balaban J connectivity index is 1.67. The summed E-state index contributed by atoms with van der Waals surface area (Å²) in [6, 6.07) is 4.96. The van der Waals surface area contributed by atoms with Gasteiger partial charge in [-0.15, -0.1) is 0 Å². The minimum Gasteiger partial charge on any atom is -0.454 e. The van der Waals surface area contributed by atoms with E-state index in [1.165, 1.54) is 18.4 Å². The Morgan fingerprint density at radius 3 is 3.00 bits per heavy atom. The second-order valence-electron chi connectivity index (χ2n) is 4.29. The third-order valence-corrected chi connectivity index (χ3v) is 3.50. The van der Waals surface area contributed by atoms with Gasteiger partial charge in [-0.25, -0.2) is 0 Å². The summed E-state index contributed by atoms with van der Waals surface area (Å²) in [5.74, 6) is 1.69. The van der Waals surface area contributed by atoms with E-state index in [-0.39, 0.29) is 0 Å². The lowest BCUT2D eigenvalue weighted by molar-refractivity contribution is 0.173. The van der Waals surface area contributed by atoms with Crippen molar-refractivity contribution in [3.63, 3.8) is 0 Å². The summed E-state index contributed by atoms with van der Waals surface area (Å²) in [4.78, 5) is 0. The number of hydrogen-bond donors (Lipinski definition) is 1. The number of hydrogen-bond acceptors (Lipinski definition) is 3. The second-order valence-corrected chi connectivity index (χ2v) is 5.14. The fourth-order valence-corrected chi connectivity index (χ4v) is 2.48. The molecule has 0 radical (unpaired) electrons. The molecule has 0 bridgehead atoms. The minimum absolute atomic E-state index is 0.331. The smallest absolute Gasteiger partial charge is 0.231 e. The number of fused-ring (bicyclic) bond motifs is 1. The van der Waals surface area contributed by atoms with Crippen LogP contribution in [0.4, 0.5) is 0 Å². The topological polar surface area (TPSA) is 30.5 Å². The molecule has 3 nitrogen and oxygen atoms in total. The molecule has 0 atom stereocenters. The molecule has 3 rings (SSSR count). The Bertz CT molecular complexity index is 404. The number of ether oxygens (including phenoxy) is 2. The Morgan fingerprint density at radius 2 is 2.19 bits per heavy atom. The van der Waals surface area contributed by atoms with Gasteiger partial charge in [0.2, 0.25) is 6.79 Å². The van der Waals surface area contributed by atoms with Gasteiger partial charge in [0.25, 0.3) is 0 Å². The fraction of sp³-hybridized carbons (Fsp3) is 0.500. The van der Waals surface area contributed by atoms with Gasteiger partial charge < -0.3 is 14.8 Å². The van der Waals surface area contributed by atoms with Crippen LogP contribution in [0.1, 0.15) is 18.4 Å². The normalized spacial score (nSPS) is 17.8. The third-order valence-electron chi connectivity index (χ3n) is 2.91. The molecule has 4 heteroatoms. The molecular weight excluding hydrogens is 270 g/mol. The molecule has 1 aromatic carbocycles. The molecule has 1 aliphatic carbocycles. The maximum Gasteiger partial charge on any atom is 0.231 e. The van der Waals surface area contributed by atoms with Gasteiger partial charge >= 0.3 is 0 Å². The summed E-state index contributed by atoms with van der Waals surface area (Å²) in [5.41, 5.74) is 1.28. The van der Waals surface area contributed by atoms with Gasteiger partial charge in [0, 0.05) is 6.04 Å². The van der Waals surface area contributed by atoms with E-state index in [9.17, 15) is 0 Å². The number of rotatable bonds is 4. The van der Waals surface area contributed by atoms with Crippen molar-refractivity contribution in [2.75, 3.05) is 13.3 Å². The van der Waals surface area contributed by atoms with Crippen molar-refractivity contribution in [2.45, 2.75) is 25.3 Å². The van der Waals surface area contributed by atoms with Crippen molar-refractivity contribution < 1.29 is 9.47 Å². The zero-order valence-electron chi connectivity index (χ0n) is 8.96. The molecule has 16 heavy (non-hydrogen) atoms. The largest absolute Gasteiger partial charge is 0.454 e. The predicted octanol–water partition coefficient (Wildman–Crippen LogP) is 2.47. The summed E-state index contributed by atoms with van der Waals surface area (Å²) in [7, 11) is 0. The van der Waals surface area contributed by atoms with E-state index in [4.69, 9.17) is 9.47 Å². The van der Waals surface area contributed by atoms with E-state index in [1.807, 2.05) is 0 Å². The van der Waals surface area contributed by atoms with E-state index in [0.29, 0.717) is 6.79 Å². The van der Waals surface area contributed by atoms with Crippen LogP contribution in [0.2, 0.25) is 0 Å². The van der Waals surface area contributed by atoms with Crippen LogP contribution in [0, 0.1) is 0 Å². The molecule has 1 fully saturated rings. The first-order chi connectivity index (χ1) is 7.83. The van der Waals surface area contributed by atoms with Crippen LogP contribution in [0.3, 0.4) is 0 Å². The highest BCUT2D eigenvalue weighted by Crippen LogP contribution is 2.40. The highest BCUT2D eigenvalue weighted by Gasteiger charge is 2.20. The van der Waals surface area contributed by atoms with Crippen LogP contribution in [-0.2, 0) is 6.42 Å². The number of benzene rings is 1. The van der Waals surface area contributed by atoms with Crippen molar-refractivity contribution in [2.24, 2.45) is 0 Å². The van der Waals surface area contributed by atoms with Crippen molar-refractivity contribution in [1.29, 1.82) is 0 Å². The first kappa shape index (κ1) is 10.4. The molecule has 0 amide bonds. The van der Waals surface area contributed by atoms with Crippen LogP contribution < -0.4 is 14.8 Å². The number of halogens is 1. The first-order valence-electron chi connectivity index (χ1n) is 5.64. The maximum atomic E-state index is 5.39. The maximum absolute atomic E-state index is 5.39. The quantitative estimate of drug-likeness (QED) is 0.921. The van der Waals surface area contributed by atoms with Gasteiger partial charge in [-0.2, -0.15) is 0 Å². The number of nitrogens with one attached hydrogen (secondary N) is 1. The van der Waals surface area contributed by atoms with Gasteiger partial charge in [-0.1, -0.05) is 0 Å². The molecule has 1 N–H and O–H groups in total. The van der Waals surface area contributed by atoms with E-state index < -0.39 is 0 Å². The Labute approximate surface area is 103 Å². The molecule has 1 aromatic rings. The molecular formula is C12H14BrNO2. The van der Waals surface area contributed by atoms with E-state index in [0.717, 1.165) is 35.0 Å². The highest BCUT2D eigenvalue weighted by molar-refractivity contribution is 9.10. The average Bonchev–Trinajstić information content (AvgIpc) is 2.94. The van der Waals surface area contributed by atoms with Crippen molar-refractivity contribution in [3.8, 4) is 11.5 Å². The average molecular weight is 284 g/mol. The zero-order valence-corrected chi connectivity index (χ0v) is 10.5. The summed E-state index contributed by atoms with van der Waals surface area (Å²) in [6.45, 7) is 1.37. The molecule has 86 valence electrons. The van der Waals surface area contributed by atoms with Crippen LogP contribution in [0.25, 0.3) is 0 Å². The molecule has 0 spiro atoms. The van der Waals surface area contributed by atoms with Gasteiger partial charge in [0.15, 0.2) is 11.5 Å². The summed E-state index contributed by atoms with van der Waals surface area (Å²) >= 11 is 3.51. The zero-order chi connectivity index (χ0) is 11.0. The molecule has 2 aliphatic rings. The van der Waals surface area contributed by atoms with E-state index >= 15 is 0 Å². The molecule has 0 unspecified atom stereocenters. The lowest BCUT2D eigenvalue weighted by Crippen LogP contribution is -2.19. The summed E-state index contributed by atoms with van der Waals surface area (Å²) in [5, 5.41) is 3.50. The SMILES string of the molecule is Brc1cc(CCNC2CC2)cc2c1OCO2. The fourth-order valence-electron chi connectivity index (χ4n) is 1.87. The Morgan fingerprint density at radius 1 is 1.31 bits per heavy atom. The van der Waals surface area contributed by atoms with E-state index in [2.05, 4.69) is 33.4 Å². The van der Waals surface area contributed by atoms with Crippen molar-refractivity contribution in [1.82, 2.24) is 5.32 Å². The van der Waals surface area contributed by atoms with Gasteiger partial charge in [0.05, 0.1) is 4.47 Å². The minimum atomic E-state index is 0.331. The first-order valence-corrected chi connectivity index (χ1v) is 6.43. The molecule has 1 saturated carbocycles. The van der Waals surface area contributed by atoms with Gasteiger partial charge in [-0.3, -0.25) is 0 Å². The molecule has 0 aromatic heterocycles. The monoisotopic (exact) mass is 283 g/mol. The standard InChI is InChI=1S/C12H14BrNO2/c13-10-5-8(3-4-14-9-1-2-9)6-11-12(10)16-7-15-11/h5-6,9,14H,1-4,7H2. The molecule has 0 saturated heterocycles. The summed E-state index contributed by atoms with van der Waals surface area (Å²) in [6.07, 6.45) is 3.71. The van der Waals surface area contributed by atoms with Crippen LogP contribution >= 0.6 is 15.9 Å². The van der Waals surface area contributed by atoms with Gasteiger partial charge in [-0.05, 0) is 59.4 Å². The van der Waals surface area contributed by atoms with Gasteiger partial charge in [0.1, 0.15) is 0 Å². The highest BCUT2D eigenvalue weighted by atomic mass is 79.9. The molecule has 1 heterocycles. The van der Waals surface area contributed by atoms with E-state index in [1.54, 1.807) is 0 Å². The lowest BCUT2D eigenvalue weighted by atomic mass is 10.1. The Kier molecular flexibility index (Phi) is 2.77. The third kappa shape index (κ3) is 2.18. The van der Waals surface area contributed by atoms with Crippen molar-refractivity contribution in [3.05, 3.63) is 22.2 Å². The predicted molar refractivity (Wildman–Crippen MR) is 65.0 cm³/mol. The molecule has 1 aliphatic heterocycles. The lowest BCUT2D eigenvalue weighted by Gasteiger charge is -2.06. The van der Waals surface area contributed by atoms with Crippen LogP contribution in [0.15, 0.2) is 16.6 Å². The van der Waals surface area contributed by atoms with Crippen LogP contribution in [0.5, 0.6) is 11.5 Å². The van der Waals surface area contributed by atoms with Crippen molar-refractivity contribution >= 4 is 15.9 Å². The Hall–Kier alpha value is -0.740. The van der Waals surface area contributed by atoms with Crippen LogP contribution in [-0.4, -0.2) is 19.4 Å². The second kappa shape index (κ2) is 4.26. The summed E-state index contributed by atoms with van der Waals surface area (Å²) < 4.78 is 11.7.